The summed E-state index contributed by atoms with van der Waals surface area (Å²) in [6.45, 7) is 5.52. The van der Waals surface area contributed by atoms with Gasteiger partial charge in [0.25, 0.3) is 11.8 Å². The highest BCUT2D eigenvalue weighted by molar-refractivity contribution is 7.20. The van der Waals surface area contributed by atoms with Gasteiger partial charge in [0.15, 0.2) is 5.76 Å². The molecule has 0 aliphatic carbocycles. The monoisotopic (exact) mass is 496 g/mol. The number of halogens is 1. The van der Waals surface area contributed by atoms with Crippen LogP contribution >= 0.6 is 22.9 Å². The maximum absolute atomic E-state index is 13.2. The molecule has 9 heteroatoms. The summed E-state index contributed by atoms with van der Waals surface area (Å²) in [5.74, 6) is 0.846. The number of furan rings is 1. The predicted molar refractivity (Wildman–Crippen MR) is 133 cm³/mol. The normalized spacial score (nSPS) is 14.6. The van der Waals surface area contributed by atoms with Crippen molar-refractivity contribution in [1.29, 1.82) is 0 Å². The zero-order chi connectivity index (χ0) is 23.8. The number of hydrogen-bond acceptors (Lipinski definition) is 5. The lowest BCUT2D eigenvalue weighted by Gasteiger charge is -2.32. The van der Waals surface area contributed by atoms with Crippen LogP contribution in [0, 0.1) is 13.8 Å². The van der Waals surface area contributed by atoms with E-state index in [1.54, 1.807) is 12.1 Å². The summed E-state index contributed by atoms with van der Waals surface area (Å²) >= 11 is 7.81. The number of likely N-dealkylation sites (tertiary alicyclic amines) is 1. The van der Waals surface area contributed by atoms with Gasteiger partial charge in [-0.3, -0.25) is 14.3 Å². The predicted octanol–water partition coefficient (Wildman–Crippen LogP) is 5.04. The molecule has 1 aliphatic rings. The van der Waals surface area contributed by atoms with E-state index in [1.165, 1.54) is 11.3 Å². The van der Waals surface area contributed by atoms with Crippen LogP contribution in [0.1, 0.15) is 50.1 Å². The first-order valence-corrected chi connectivity index (χ1v) is 12.5. The Morgan fingerprint density at radius 2 is 1.94 bits per heavy atom. The van der Waals surface area contributed by atoms with Gasteiger partial charge in [0.05, 0.1) is 17.1 Å². The van der Waals surface area contributed by atoms with E-state index in [4.69, 9.17) is 16.0 Å². The number of nitrogens with zero attached hydrogens (tertiary/aromatic N) is 3. The van der Waals surface area contributed by atoms with Crippen molar-refractivity contribution in [3.8, 4) is 0 Å². The molecule has 4 aromatic rings. The standard InChI is InChI=1S/C25H25ClN4O3S/c1-15-7-8-21(33-15)23(31)27-18-9-11-29(12-10-18)24(32)22-13-19-16(2)28-30(25(19)34-22)14-17-5-3-4-6-20(17)26/h3-8,13,18H,9-12,14H2,1-2H3,(H,27,31). The smallest absolute Gasteiger partial charge is 0.287 e. The molecule has 7 nitrogen and oxygen atoms in total. The van der Waals surface area contributed by atoms with Gasteiger partial charge in [-0.1, -0.05) is 29.8 Å². The summed E-state index contributed by atoms with van der Waals surface area (Å²) in [6.07, 6.45) is 1.42. The van der Waals surface area contributed by atoms with Gasteiger partial charge in [-0.25, -0.2) is 0 Å². The highest BCUT2D eigenvalue weighted by atomic mass is 35.5. The third kappa shape index (κ3) is 4.48. The number of carbonyl (C=O) groups excluding carboxylic acids is 2. The lowest BCUT2D eigenvalue weighted by molar-refractivity contribution is 0.0700. The van der Waals surface area contributed by atoms with Gasteiger partial charge in [0, 0.05) is 29.5 Å². The van der Waals surface area contributed by atoms with Crippen LogP contribution in [0.5, 0.6) is 0 Å². The largest absolute Gasteiger partial charge is 0.456 e. The molecule has 4 heterocycles. The molecule has 0 bridgehead atoms. The van der Waals surface area contributed by atoms with E-state index in [0.717, 1.165) is 21.5 Å². The Morgan fingerprint density at radius 3 is 2.65 bits per heavy atom. The SMILES string of the molecule is Cc1ccc(C(=O)NC2CCN(C(=O)c3cc4c(C)nn(Cc5ccccc5Cl)c4s3)CC2)o1. The van der Waals surface area contributed by atoms with Crippen molar-refractivity contribution in [3.05, 3.63) is 75.1 Å². The maximum Gasteiger partial charge on any atom is 0.287 e. The number of fused-ring (bicyclic) bond motifs is 1. The van der Waals surface area contributed by atoms with Crippen LogP contribution in [0.2, 0.25) is 5.02 Å². The second-order valence-electron chi connectivity index (χ2n) is 8.61. The molecule has 1 aromatic carbocycles. The molecule has 1 N–H and O–H groups in total. The number of aryl methyl sites for hydroxylation is 2. The molecule has 0 saturated carbocycles. The van der Waals surface area contributed by atoms with Crippen LogP contribution in [0.25, 0.3) is 10.2 Å². The minimum Gasteiger partial charge on any atom is -0.456 e. The fourth-order valence-corrected chi connectivity index (χ4v) is 5.63. The second-order valence-corrected chi connectivity index (χ2v) is 10.1. The Balaban J connectivity index is 1.25. The highest BCUT2D eigenvalue weighted by Crippen LogP contribution is 2.31. The summed E-state index contributed by atoms with van der Waals surface area (Å²) in [5, 5.41) is 9.38. The van der Waals surface area contributed by atoms with E-state index < -0.39 is 0 Å². The average molecular weight is 497 g/mol. The molecule has 0 spiro atoms. The quantitative estimate of drug-likeness (QED) is 0.419. The van der Waals surface area contributed by atoms with Crippen molar-refractivity contribution in [3.63, 3.8) is 0 Å². The molecule has 5 rings (SSSR count). The molecule has 34 heavy (non-hydrogen) atoms. The lowest BCUT2D eigenvalue weighted by Crippen LogP contribution is -2.46. The minimum absolute atomic E-state index is 0.0239. The second kappa shape index (κ2) is 9.27. The van der Waals surface area contributed by atoms with Crippen molar-refractivity contribution >= 4 is 45.0 Å². The van der Waals surface area contributed by atoms with E-state index >= 15 is 0 Å². The van der Waals surface area contributed by atoms with E-state index in [1.807, 2.05) is 53.8 Å². The summed E-state index contributed by atoms with van der Waals surface area (Å²) in [6, 6.07) is 13.1. The summed E-state index contributed by atoms with van der Waals surface area (Å²) in [7, 11) is 0. The lowest BCUT2D eigenvalue weighted by atomic mass is 10.0. The molecule has 0 unspecified atom stereocenters. The van der Waals surface area contributed by atoms with Crippen molar-refractivity contribution in [2.75, 3.05) is 13.1 Å². The fraction of sp³-hybridized carbons (Fsp3) is 0.320. The number of carbonyl (C=O) groups is 2. The number of hydrogen-bond donors (Lipinski definition) is 1. The first-order valence-electron chi connectivity index (χ1n) is 11.3. The molecule has 1 fully saturated rings. The van der Waals surface area contributed by atoms with Crippen molar-refractivity contribution in [1.82, 2.24) is 20.0 Å². The molecular formula is C25H25ClN4O3S. The number of thiophene rings is 1. The van der Waals surface area contributed by atoms with Crippen LogP contribution in [-0.2, 0) is 6.54 Å². The van der Waals surface area contributed by atoms with Gasteiger partial charge < -0.3 is 14.6 Å². The Kier molecular flexibility index (Phi) is 6.18. The summed E-state index contributed by atoms with van der Waals surface area (Å²) in [5.41, 5.74) is 1.88. The Hall–Kier alpha value is -3.10. The third-order valence-corrected chi connectivity index (χ3v) is 7.68. The molecule has 2 amide bonds. The van der Waals surface area contributed by atoms with E-state index in [0.29, 0.717) is 53.9 Å². The zero-order valence-electron chi connectivity index (χ0n) is 19.0. The van der Waals surface area contributed by atoms with Gasteiger partial charge in [-0.05, 0) is 56.5 Å². The van der Waals surface area contributed by atoms with Gasteiger partial charge >= 0.3 is 0 Å². The van der Waals surface area contributed by atoms with Gasteiger partial charge in [-0.2, -0.15) is 5.10 Å². The van der Waals surface area contributed by atoms with Crippen LogP contribution < -0.4 is 5.32 Å². The van der Waals surface area contributed by atoms with Crippen LogP contribution in [0.3, 0.4) is 0 Å². The van der Waals surface area contributed by atoms with E-state index in [9.17, 15) is 9.59 Å². The molecule has 176 valence electrons. The van der Waals surface area contributed by atoms with Crippen LogP contribution in [-0.4, -0.2) is 45.6 Å². The van der Waals surface area contributed by atoms with E-state index in [-0.39, 0.29) is 17.9 Å². The van der Waals surface area contributed by atoms with Crippen molar-refractivity contribution in [2.24, 2.45) is 0 Å². The first-order chi connectivity index (χ1) is 16.4. The Labute approximate surface area is 206 Å². The van der Waals surface area contributed by atoms with Crippen molar-refractivity contribution < 1.29 is 14.0 Å². The summed E-state index contributed by atoms with van der Waals surface area (Å²) < 4.78 is 7.32. The van der Waals surface area contributed by atoms with Gasteiger partial charge in [-0.15, -0.1) is 11.3 Å². The minimum atomic E-state index is -0.207. The Bertz CT molecular complexity index is 1360. The molecular weight excluding hydrogens is 472 g/mol. The number of nitrogens with one attached hydrogen (secondary N) is 1. The average Bonchev–Trinajstić information content (AvgIpc) is 3.53. The molecule has 1 aliphatic heterocycles. The number of aromatic nitrogens is 2. The zero-order valence-corrected chi connectivity index (χ0v) is 20.6. The number of amides is 2. The Morgan fingerprint density at radius 1 is 1.18 bits per heavy atom. The highest BCUT2D eigenvalue weighted by Gasteiger charge is 2.27. The third-order valence-electron chi connectivity index (χ3n) is 6.18. The molecule has 0 radical (unpaired) electrons. The maximum atomic E-state index is 13.2. The van der Waals surface area contributed by atoms with Gasteiger partial charge in [0.1, 0.15) is 10.6 Å². The van der Waals surface area contributed by atoms with E-state index in [2.05, 4.69) is 10.4 Å². The number of benzene rings is 1. The first kappa shape index (κ1) is 22.7. The van der Waals surface area contributed by atoms with Crippen molar-refractivity contribution in [2.45, 2.75) is 39.3 Å². The fourth-order valence-electron chi connectivity index (χ4n) is 4.31. The number of rotatable bonds is 5. The number of piperidine rings is 1. The van der Waals surface area contributed by atoms with Gasteiger partial charge in [0.2, 0.25) is 0 Å². The topological polar surface area (TPSA) is 80.4 Å². The van der Waals surface area contributed by atoms with Crippen LogP contribution in [0.4, 0.5) is 0 Å². The summed E-state index contributed by atoms with van der Waals surface area (Å²) in [4.78, 5) is 29.1. The molecule has 1 saturated heterocycles. The van der Waals surface area contributed by atoms with Crippen LogP contribution in [0.15, 0.2) is 46.9 Å². The molecule has 3 aromatic heterocycles. The molecule has 0 atom stereocenters.